The van der Waals surface area contributed by atoms with Crippen LogP contribution in [0.3, 0.4) is 0 Å². The van der Waals surface area contributed by atoms with Gasteiger partial charge in [0.25, 0.3) is 0 Å². The molecule has 2 aliphatic rings. The van der Waals surface area contributed by atoms with E-state index in [0.717, 1.165) is 25.8 Å². The lowest BCUT2D eigenvalue weighted by Crippen LogP contribution is -2.40. The topological polar surface area (TPSA) is 50.4 Å². The molecule has 1 heterocycles. The Morgan fingerprint density at radius 1 is 1.24 bits per heavy atom. The maximum absolute atomic E-state index is 11.9. The Morgan fingerprint density at radius 3 is 2.90 bits per heavy atom. The first-order valence-corrected chi connectivity index (χ1v) is 8.04. The Morgan fingerprint density at radius 2 is 2.05 bits per heavy atom. The Hall–Kier alpha value is -1.55. The van der Waals surface area contributed by atoms with Crippen LogP contribution in [0.2, 0.25) is 0 Å². The summed E-state index contributed by atoms with van der Waals surface area (Å²) in [4.78, 5) is 11.9. The van der Waals surface area contributed by atoms with E-state index in [0.29, 0.717) is 6.04 Å². The number of hydrogen-bond donors (Lipinski definition) is 2. The van der Waals surface area contributed by atoms with Crippen LogP contribution in [0, 0.1) is 0 Å². The van der Waals surface area contributed by atoms with Crippen molar-refractivity contribution in [2.24, 2.45) is 0 Å². The highest BCUT2D eigenvalue weighted by Gasteiger charge is 2.20. The summed E-state index contributed by atoms with van der Waals surface area (Å²) in [6.45, 7) is 0.943. The SMILES string of the molecule is O=C(COC1CNc2ccccc2C1)NC1CCCCC1. The lowest BCUT2D eigenvalue weighted by Gasteiger charge is -2.27. The molecule has 4 heteroatoms. The minimum absolute atomic E-state index is 0.0285. The first-order chi connectivity index (χ1) is 10.3. The molecule has 1 aliphatic carbocycles. The summed E-state index contributed by atoms with van der Waals surface area (Å²) in [7, 11) is 0. The molecule has 2 N–H and O–H groups in total. The van der Waals surface area contributed by atoms with Crippen molar-refractivity contribution in [1.82, 2.24) is 5.32 Å². The fourth-order valence-corrected chi connectivity index (χ4v) is 3.24. The van der Waals surface area contributed by atoms with Crippen LogP contribution in [0.1, 0.15) is 37.7 Å². The minimum atomic E-state index is 0.0285. The average Bonchev–Trinajstić information content (AvgIpc) is 2.54. The summed E-state index contributed by atoms with van der Waals surface area (Å²) < 4.78 is 5.77. The van der Waals surface area contributed by atoms with Gasteiger partial charge in [-0.2, -0.15) is 0 Å². The summed E-state index contributed by atoms with van der Waals surface area (Å²) in [5.41, 5.74) is 2.45. The molecule has 0 aromatic heterocycles. The molecule has 1 fully saturated rings. The number of rotatable bonds is 4. The minimum Gasteiger partial charge on any atom is -0.382 e. The summed E-state index contributed by atoms with van der Waals surface area (Å²) in [5, 5.41) is 6.45. The molecule has 21 heavy (non-hydrogen) atoms. The molecule has 1 aromatic rings. The Bertz CT molecular complexity index is 483. The molecule has 0 bridgehead atoms. The van der Waals surface area contributed by atoms with Crippen LogP contribution in [0.4, 0.5) is 5.69 Å². The molecule has 3 rings (SSSR count). The largest absolute Gasteiger partial charge is 0.382 e. The van der Waals surface area contributed by atoms with Crippen LogP contribution in [0.25, 0.3) is 0 Å². The van der Waals surface area contributed by atoms with E-state index in [-0.39, 0.29) is 18.6 Å². The van der Waals surface area contributed by atoms with Crippen LogP contribution >= 0.6 is 0 Å². The highest BCUT2D eigenvalue weighted by Crippen LogP contribution is 2.22. The van der Waals surface area contributed by atoms with Crippen LogP contribution in [-0.4, -0.2) is 31.2 Å². The molecule has 1 aromatic carbocycles. The first kappa shape index (κ1) is 14.4. The number of carbonyl (C=O) groups is 1. The van der Waals surface area contributed by atoms with E-state index in [2.05, 4.69) is 22.8 Å². The molecule has 4 nitrogen and oxygen atoms in total. The molecule has 0 saturated heterocycles. The highest BCUT2D eigenvalue weighted by atomic mass is 16.5. The number of benzene rings is 1. The van der Waals surface area contributed by atoms with Crippen molar-refractivity contribution in [3.05, 3.63) is 29.8 Å². The molecule has 114 valence electrons. The third-order valence-corrected chi connectivity index (χ3v) is 4.41. The van der Waals surface area contributed by atoms with Gasteiger partial charge in [-0.25, -0.2) is 0 Å². The highest BCUT2D eigenvalue weighted by molar-refractivity contribution is 5.77. The van der Waals surface area contributed by atoms with E-state index in [4.69, 9.17) is 4.74 Å². The van der Waals surface area contributed by atoms with Gasteiger partial charge < -0.3 is 15.4 Å². The van der Waals surface area contributed by atoms with E-state index in [1.807, 2.05) is 12.1 Å². The molecular weight excluding hydrogens is 264 g/mol. The van der Waals surface area contributed by atoms with Gasteiger partial charge in [-0.15, -0.1) is 0 Å². The smallest absolute Gasteiger partial charge is 0.246 e. The average molecular weight is 288 g/mol. The van der Waals surface area contributed by atoms with Crippen LogP contribution in [0.5, 0.6) is 0 Å². The number of anilines is 1. The number of para-hydroxylation sites is 1. The molecule has 1 atom stereocenters. The fraction of sp³-hybridized carbons (Fsp3) is 0.588. The number of carbonyl (C=O) groups excluding carboxylic acids is 1. The number of ether oxygens (including phenoxy) is 1. The second-order valence-electron chi connectivity index (χ2n) is 6.08. The van der Waals surface area contributed by atoms with Crippen molar-refractivity contribution in [1.29, 1.82) is 0 Å². The zero-order chi connectivity index (χ0) is 14.5. The van der Waals surface area contributed by atoms with Crippen LogP contribution in [0.15, 0.2) is 24.3 Å². The van der Waals surface area contributed by atoms with Gasteiger partial charge in [0.1, 0.15) is 6.61 Å². The van der Waals surface area contributed by atoms with Crippen molar-refractivity contribution in [2.75, 3.05) is 18.5 Å². The standard InChI is InChI=1S/C17H24N2O2/c20-17(19-14-7-2-1-3-8-14)12-21-15-10-13-6-4-5-9-16(13)18-11-15/h4-6,9,14-15,18H,1-3,7-8,10-12H2,(H,19,20). The molecule has 1 saturated carbocycles. The Labute approximate surface area is 126 Å². The van der Waals surface area contributed by atoms with Gasteiger partial charge in [-0.3, -0.25) is 4.79 Å². The van der Waals surface area contributed by atoms with Crippen LogP contribution in [-0.2, 0) is 16.0 Å². The van der Waals surface area contributed by atoms with Crippen molar-refractivity contribution in [3.63, 3.8) is 0 Å². The van der Waals surface area contributed by atoms with E-state index in [1.165, 1.54) is 30.5 Å². The maximum atomic E-state index is 11.9. The first-order valence-electron chi connectivity index (χ1n) is 8.04. The van der Waals surface area contributed by atoms with E-state index in [9.17, 15) is 4.79 Å². The second-order valence-corrected chi connectivity index (χ2v) is 6.08. The number of hydrogen-bond acceptors (Lipinski definition) is 3. The van der Waals surface area contributed by atoms with Gasteiger partial charge in [-0.05, 0) is 24.5 Å². The van der Waals surface area contributed by atoms with Gasteiger partial charge in [-0.1, -0.05) is 37.5 Å². The molecule has 1 amide bonds. The zero-order valence-corrected chi connectivity index (χ0v) is 12.4. The number of nitrogens with one attached hydrogen (secondary N) is 2. The quantitative estimate of drug-likeness (QED) is 0.895. The van der Waals surface area contributed by atoms with Crippen molar-refractivity contribution < 1.29 is 9.53 Å². The number of fused-ring (bicyclic) bond motifs is 1. The predicted molar refractivity (Wildman–Crippen MR) is 83.4 cm³/mol. The lowest BCUT2D eigenvalue weighted by atomic mass is 9.95. The van der Waals surface area contributed by atoms with E-state index in [1.54, 1.807) is 0 Å². The lowest BCUT2D eigenvalue weighted by molar-refractivity contribution is -0.128. The molecule has 1 aliphatic heterocycles. The summed E-state index contributed by atoms with van der Waals surface area (Å²) >= 11 is 0. The van der Waals surface area contributed by atoms with E-state index < -0.39 is 0 Å². The van der Waals surface area contributed by atoms with Gasteiger partial charge in [0.05, 0.1) is 6.10 Å². The van der Waals surface area contributed by atoms with Crippen molar-refractivity contribution >= 4 is 11.6 Å². The van der Waals surface area contributed by atoms with Gasteiger partial charge in [0.15, 0.2) is 0 Å². The molecule has 0 radical (unpaired) electrons. The molecule has 1 unspecified atom stereocenters. The summed E-state index contributed by atoms with van der Waals surface area (Å²) in [5.74, 6) is 0.0285. The normalized spacial score (nSPS) is 22.2. The predicted octanol–water partition coefficient (Wildman–Crippen LogP) is 2.49. The van der Waals surface area contributed by atoms with Gasteiger partial charge in [0, 0.05) is 24.7 Å². The summed E-state index contributed by atoms with van der Waals surface area (Å²) in [6, 6.07) is 8.63. The Kier molecular flexibility index (Phi) is 4.76. The van der Waals surface area contributed by atoms with Crippen molar-refractivity contribution in [2.45, 2.75) is 50.7 Å². The maximum Gasteiger partial charge on any atom is 0.246 e. The van der Waals surface area contributed by atoms with Gasteiger partial charge >= 0.3 is 0 Å². The fourth-order valence-electron chi connectivity index (χ4n) is 3.24. The molecular formula is C17H24N2O2. The monoisotopic (exact) mass is 288 g/mol. The zero-order valence-electron chi connectivity index (χ0n) is 12.4. The number of amides is 1. The third-order valence-electron chi connectivity index (χ3n) is 4.41. The van der Waals surface area contributed by atoms with Crippen LogP contribution < -0.4 is 10.6 Å². The Balaban J connectivity index is 1.42. The van der Waals surface area contributed by atoms with Crippen molar-refractivity contribution in [3.8, 4) is 0 Å². The third kappa shape index (κ3) is 3.97. The summed E-state index contributed by atoms with van der Waals surface area (Å²) in [6.07, 6.45) is 6.95. The molecule has 0 spiro atoms. The second kappa shape index (κ2) is 6.94. The van der Waals surface area contributed by atoms with E-state index >= 15 is 0 Å². The van der Waals surface area contributed by atoms with Gasteiger partial charge in [0.2, 0.25) is 5.91 Å².